The van der Waals surface area contributed by atoms with E-state index in [-0.39, 0.29) is 5.97 Å². The predicted molar refractivity (Wildman–Crippen MR) is 63.0 cm³/mol. The lowest BCUT2D eigenvalue weighted by molar-refractivity contribution is -0.146. The van der Waals surface area contributed by atoms with E-state index in [1.165, 1.54) is 7.11 Å². The van der Waals surface area contributed by atoms with E-state index in [4.69, 9.17) is 10.5 Å². The summed E-state index contributed by atoms with van der Waals surface area (Å²) in [5.74, 6) is 1.55. The molecule has 0 saturated heterocycles. The molecule has 0 rings (SSSR count). The van der Waals surface area contributed by atoms with Gasteiger partial charge >= 0.3 is 5.97 Å². The van der Waals surface area contributed by atoms with E-state index in [0.29, 0.717) is 6.42 Å². The summed E-state index contributed by atoms with van der Waals surface area (Å²) in [5, 5.41) is 0. The van der Waals surface area contributed by atoms with Crippen LogP contribution in [0.3, 0.4) is 0 Å². The average molecular weight is 235 g/mol. The molecule has 0 aromatic carbocycles. The summed E-state index contributed by atoms with van der Waals surface area (Å²) in [6, 6.07) is 0. The minimum absolute atomic E-state index is 0.347. The van der Waals surface area contributed by atoms with Crippen LogP contribution in [0.25, 0.3) is 0 Å². The normalized spacial score (nSPS) is 14.7. The number of hydrogen-bond acceptors (Lipinski definition) is 5. The fourth-order valence-corrected chi connectivity index (χ4v) is 2.12. The summed E-state index contributed by atoms with van der Waals surface area (Å²) in [6.07, 6.45) is 1.66. The highest BCUT2D eigenvalue weighted by atomic mass is 32.2. The molecule has 0 fully saturated rings. The van der Waals surface area contributed by atoms with E-state index in [9.17, 15) is 4.79 Å². The first-order chi connectivity index (χ1) is 7.04. The molecule has 5 heteroatoms. The van der Waals surface area contributed by atoms with Gasteiger partial charge in [-0.1, -0.05) is 0 Å². The molecule has 4 nitrogen and oxygen atoms in total. The second-order valence-corrected chi connectivity index (χ2v) is 4.84. The molecule has 0 aromatic heterocycles. The summed E-state index contributed by atoms with van der Waals surface area (Å²) in [6.45, 7) is 2.48. The third kappa shape index (κ3) is 6.76. The van der Waals surface area contributed by atoms with Gasteiger partial charge in [-0.05, 0) is 31.3 Å². The Morgan fingerprint density at radius 2 is 2.07 bits per heavy atom. The Balaban J connectivity index is 3.53. The van der Waals surface area contributed by atoms with Gasteiger partial charge in [-0.15, -0.1) is 0 Å². The lowest BCUT2D eigenvalue weighted by atomic mass is 10.0. The highest BCUT2D eigenvalue weighted by molar-refractivity contribution is 7.99. The number of methoxy groups -OCH3 is 2. The van der Waals surface area contributed by atoms with Crippen LogP contribution in [0.5, 0.6) is 0 Å². The minimum Gasteiger partial charge on any atom is -0.468 e. The number of esters is 1. The third-order valence-corrected chi connectivity index (χ3v) is 3.12. The summed E-state index contributed by atoms with van der Waals surface area (Å²) in [4.78, 5) is 11.2. The van der Waals surface area contributed by atoms with Gasteiger partial charge in [-0.3, -0.25) is 4.79 Å². The van der Waals surface area contributed by atoms with Gasteiger partial charge in [0.05, 0.1) is 7.11 Å². The highest BCUT2D eigenvalue weighted by Crippen LogP contribution is 2.13. The van der Waals surface area contributed by atoms with Crippen LogP contribution in [0.2, 0.25) is 0 Å². The van der Waals surface area contributed by atoms with Crippen LogP contribution in [0, 0.1) is 0 Å². The minimum atomic E-state index is -0.858. The molecule has 1 unspecified atom stereocenters. The fraction of sp³-hybridized carbons (Fsp3) is 0.900. The average Bonchev–Trinajstić information content (AvgIpc) is 2.22. The van der Waals surface area contributed by atoms with Crippen LogP contribution >= 0.6 is 11.8 Å². The lowest BCUT2D eigenvalue weighted by Gasteiger charge is -2.20. The molecule has 90 valence electrons. The number of nitrogens with two attached hydrogens (primary N) is 1. The zero-order valence-corrected chi connectivity index (χ0v) is 10.6. The Morgan fingerprint density at radius 1 is 1.40 bits per heavy atom. The van der Waals surface area contributed by atoms with E-state index in [1.807, 2.05) is 0 Å². The number of ether oxygens (including phenoxy) is 2. The van der Waals surface area contributed by atoms with E-state index in [2.05, 4.69) is 4.74 Å². The quantitative estimate of drug-likeness (QED) is 0.503. The highest BCUT2D eigenvalue weighted by Gasteiger charge is 2.28. The van der Waals surface area contributed by atoms with Crippen LogP contribution in [0.1, 0.15) is 19.8 Å². The number of carbonyl (C=O) groups is 1. The smallest absolute Gasteiger partial charge is 0.325 e. The largest absolute Gasteiger partial charge is 0.468 e. The van der Waals surface area contributed by atoms with Gasteiger partial charge in [0.2, 0.25) is 0 Å². The molecule has 0 saturated carbocycles. The van der Waals surface area contributed by atoms with Crippen LogP contribution in [0.15, 0.2) is 0 Å². The van der Waals surface area contributed by atoms with Crippen molar-refractivity contribution < 1.29 is 14.3 Å². The monoisotopic (exact) mass is 235 g/mol. The van der Waals surface area contributed by atoms with Crippen LogP contribution in [-0.2, 0) is 14.3 Å². The first-order valence-corrected chi connectivity index (χ1v) is 6.14. The standard InChI is InChI=1S/C10H21NO3S/c1-10(11,9(12)14-3)5-8-15-7-4-6-13-2/h4-8,11H2,1-3H3. The van der Waals surface area contributed by atoms with Gasteiger partial charge in [0.15, 0.2) is 0 Å². The van der Waals surface area contributed by atoms with E-state index < -0.39 is 5.54 Å². The molecule has 0 radical (unpaired) electrons. The van der Waals surface area contributed by atoms with E-state index in [0.717, 1.165) is 24.5 Å². The first-order valence-electron chi connectivity index (χ1n) is 4.98. The Kier molecular flexibility index (Phi) is 7.82. The summed E-state index contributed by atoms with van der Waals surface area (Å²) < 4.78 is 9.55. The molecule has 0 aliphatic rings. The number of rotatable bonds is 8. The van der Waals surface area contributed by atoms with Crippen molar-refractivity contribution in [3.8, 4) is 0 Å². The van der Waals surface area contributed by atoms with E-state index >= 15 is 0 Å². The Hall–Kier alpha value is -0.260. The lowest BCUT2D eigenvalue weighted by Crippen LogP contribution is -2.46. The van der Waals surface area contributed by atoms with Crippen molar-refractivity contribution in [3.63, 3.8) is 0 Å². The SMILES string of the molecule is COCCCSCCC(C)(N)C(=O)OC. The maximum atomic E-state index is 11.2. The van der Waals surface area contributed by atoms with Gasteiger partial charge in [0.1, 0.15) is 5.54 Å². The second kappa shape index (κ2) is 7.96. The Morgan fingerprint density at radius 3 is 2.60 bits per heavy atom. The summed E-state index contributed by atoms with van der Waals surface area (Å²) in [7, 11) is 3.05. The maximum absolute atomic E-state index is 11.2. The molecule has 0 spiro atoms. The van der Waals surface area contributed by atoms with E-state index in [1.54, 1.807) is 25.8 Å². The van der Waals surface area contributed by atoms with Gasteiger partial charge in [0, 0.05) is 13.7 Å². The van der Waals surface area contributed by atoms with Crippen molar-refractivity contribution in [3.05, 3.63) is 0 Å². The zero-order chi connectivity index (χ0) is 11.7. The van der Waals surface area contributed by atoms with Crippen molar-refractivity contribution in [1.29, 1.82) is 0 Å². The second-order valence-electron chi connectivity index (χ2n) is 3.62. The molecule has 0 aliphatic heterocycles. The molecular formula is C10H21NO3S. The third-order valence-electron chi connectivity index (χ3n) is 2.05. The van der Waals surface area contributed by atoms with Crippen molar-refractivity contribution in [2.24, 2.45) is 5.73 Å². The molecule has 15 heavy (non-hydrogen) atoms. The van der Waals surface area contributed by atoms with Gasteiger partial charge in [-0.25, -0.2) is 0 Å². The molecule has 2 N–H and O–H groups in total. The Bertz CT molecular complexity index is 186. The summed E-state index contributed by atoms with van der Waals surface area (Å²) >= 11 is 1.78. The summed E-state index contributed by atoms with van der Waals surface area (Å²) in [5.41, 5.74) is 4.94. The number of thioether (sulfide) groups is 1. The molecule has 0 heterocycles. The van der Waals surface area contributed by atoms with Crippen LogP contribution in [0.4, 0.5) is 0 Å². The van der Waals surface area contributed by atoms with Crippen molar-refractivity contribution in [2.75, 3.05) is 32.3 Å². The number of hydrogen-bond donors (Lipinski definition) is 1. The van der Waals surface area contributed by atoms with Crippen molar-refractivity contribution >= 4 is 17.7 Å². The van der Waals surface area contributed by atoms with Crippen molar-refractivity contribution in [1.82, 2.24) is 0 Å². The fourth-order valence-electron chi connectivity index (χ4n) is 1.03. The van der Waals surface area contributed by atoms with Crippen molar-refractivity contribution in [2.45, 2.75) is 25.3 Å². The number of carbonyl (C=O) groups excluding carboxylic acids is 1. The molecule has 0 bridgehead atoms. The zero-order valence-electron chi connectivity index (χ0n) is 9.75. The molecule has 0 aliphatic carbocycles. The first kappa shape index (κ1) is 14.7. The predicted octanol–water partition coefficient (Wildman–Crippen LogP) is 1.04. The Labute approximate surface area is 95.9 Å². The van der Waals surface area contributed by atoms with Crippen LogP contribution in [-0.4, -0.2) is 43.8 Å². The molecule has 0 aromatic rings. The molecule has 1 atom stereocenters. The van der Waals surface area contributed by atoms with Gasteiger partial charge < -0.3 is 15.2 Å². The maximum Gasteiger partial charge on any atom is 0.325 e. The van der Waals surface area contributed by atoms with Crippen LogP contribution < -0.4 is 5.73 Å². The van der Waals surface area contributed by atoms with Gasteiger partial charge in [0.25, 0.3) is 0 Å². The topological polar surface area (TPSA) is 61.5 Å². The van der Waals surface area contributed by atoms with Gasteiger partial charge in [-0.2, -0.15) is 11.8 Å². The molecular weight excluding hydrogens is 214 g/mol. The molecule has 0 amide bonds.